The first-order valence-corrected chi connectivity index (χ1v) is 12.4. The Labute approximate surface area is 187 Å². The summed E-state index contributed by atoms with van der Waals surface area (Å²) in [4.78, 5) is 28.2. The van der Waals surface area contributed by atoms with Gasteiger partial charge in [-0.3, -0.25) is 9.59 Å². The molecule has 3 rings (SSSR count). The average Bonchev–Trinajstić information content (AvgIpc) is 2.77. The number of rotatable bonds is 8. The predicted molar refractivity (Wildman–Crippen MR) is 124 cm³/mol. The predicted octanol–water partition coefficient (Wildman–Crippen LogP) is 6.64. The van der Waals surface area contributed by atoms with Gasteiger partial charge in [0.25, 0.3) is 0 Å². The zero-order valence-electron chi connectivity index (χ0n) is 18.7. The summed E-state index contributed by atoms with van der Waals surface area (Å²) >= 11 is 6.02. The van der Waals surface area contributed by atoms with Crippen LogP contribution in [0, 0.1) is 17.8 Å². The number of Topliss-reactive ketones (excluding diaryl/α,β-unsaturated/α-hetero) is 1. The molecule has 1 aromatic rings. The quantitative estimate of drug-likeness (QED) is 0.462. The van der Waals surface area contributed by atoms with Crippen LogP contribution in [0.5, 0.6) is 0 Å². The molecular formula is C26H38ClNO2. The molecular weight excluding hydrogens is 394 g/mol. The highest BCUT2D eigenvalue weighted by atomic mass is 35.5. The van der Waals surface area contributed by atoms with Crippen molar-refractivity contribution in [1.29, 1.82) is 0 Å². The molecule has 1 saturated heterocycles. The molecule has 1 saturated carbocycles. The second-order valence-electron chi connectivity index (χ2n) is 9.83. The summed E-state index contributed by atoms with van der Waals surface area (Å²) in [5, 5.41) is 0.767. The minimum Gasteiger partial charge on any atom is -0.342 e. The molecule has 3 nitrogen and oxygen atoms in total. The van der Waals surface area contributed by atoms with Crippen molar-refractivity contribution in [3.63, 3.8) is 0 Å². The normalized spacial score (nSPS) is 19.8. The molecule has 0 unspecified atom stereocenters. The lowest BCUT2D eigenvalue weighted by molar-refractivity contribution is -0.141. The maximum absolute atomic E-state index is 13.5. The molecule has 1 aliphatic heterocycles. The van der Waals surface area contributed by atoms with Crippen molar-refractivity contribution < 1.29 is 9.59 Å². The number of nitrogens with zero attached hydrogens (tertiary/aromatic N) is 1. The van der Waals surface area contributed by atoms with Gasteiger partial charge in [0, 0.05) is 36.9 Å². The molecule has 4 heteroatoms. The second kappa shape index (κ2) is 11.3. The number of benzene rings is 1. The van der Waals surface area contributed by atoms with E-state index in [1.165, 1.54) is 24.8 Å². The molecule has 0 spiro atoms. The van der Waals surface area contributed by atoms with Crippen LogP contribution in [0.15, 0.2) is 24.3 Å². The fourth-order valence-electron chi connectivity index (χ4n) is 5.19. The zero-order valence-corrected chi connectivity index (χ0v) is 19.5. The molecule has 1 heterocycles. The van der Waals surface area contributed by atoms with E-state index in [1.54, 1.807) is 0 Å². The van der Waals surface area contributed by atoms with Crippen molar-refractivity contribution in [1.82, 2.24) is 4.90 Å². The number of hydrogen-bond donors (Lipinski definition) is 0. The molecule has 2 fully saturated rings. The first-order valence-electron chi connectivity index (χ1n) is 12.0. The highest BCUT2D eigenvalue weighted by molar-refractivity contribution is 6.30. The summed E-state index contributed by atoms with van der Waals surface area (Å²) in [6.45, 7) is 5.91. The van der Waals surface area contributed by atoms with Gasteiger partial charge in [0.05, 0.1) is 0 Å². The first-order chi connectivity index (χ1) is 14.4. The van der Waals surface area contributed by atoms with Crippen molar-refractivity contribution in [2.45, 2.75) is 84.0 Å². The lowest BCUT2D eigenvalue weighted by Crippen LogP contribution is -2.44. The third kappa shape index (κ3) is 6.57. The van der Waals surface area contributed by atoms with Gasteiger partial charge in [-0.25, -0.2) is 0 Å². The molecule has 1 amide bonds. The van der Waals surface area contributed by atoms with E-state index in [9.17, 15) is 9.59 Å². The van der Waals surface area contributed by atoms with E-state index in [2.05, 4.69) is 30.9 Å². The highest BCUT2D eigenvalue weighted by Gasteiger charge is 2.35. The van der Waals surface area contributed by atoms with Crippen LogP contribution in [-0.2, 0) is 9.59 Å². The van der Waals surface area contributed by atoms with Gasteiger partial charge in [-0.15, -0.1) is 0 Å². The smallest absolute Gasteiger partial charge is 0.226 e. The first kappa shape index (κ1) is 23.3. The number of carbonyl (C=O) groups is 2. The Bertz CT molecular complexity index is 685. The number of amides is 1. The Morgan fingerprint density at radius 1 is 1.00 bits per heavy atom. The standard InChI is InChI=1S/C26H38ClNO2/c1-19(2)8-13-24(29)18-25(22-6-4-3-5-7-22)26(30)28-16-14-21(15-17-28)20-9-11-23(27)12-10-20/h9-12,19,21-22,25H,3-8,13-18H2,1-2H3/t25-/m1/s1. The van der Waals surface area contributed by atoms with Crippen molar-refractivity contribution >= 4 is 23.3 Å². The van der Waals surface area contributed by atoms with Crippen molar-refractivity contribution in [3.05, 3.63) is 34.9 Å². The SMILES string of the molecule is CC(C)CCC(=O)C[C@@H](C(=O)N1CCC(c2ccc(Cl)cc2)CC1)C1CCCCC1. The Hall–Kier alpha value is -1.35. The average molecular weight is 432 g/mol. The van der Waals surface area contributed by atoms with Crippen LogP contribution in [0.4, 0.5) is 0 Å². The number of ketones is 1. The van der Waals surface area contributed by atoms with Crippen LogP contribution in [0.25, 0.3) is 0 Å². The van der Waals surface area contributed by atoms with Crippen molar-refractivity contribution in [2.75, 3.05) is 13.1 Å². The number of likely N-dealkylation sites (tertiary alicyclic amines) is 1. The largest absolute Gasteiger partial charge is 0.342 e. The molecule has 2 aliphatic rings. The minimum atomic E-state index is -0.1000. The van der Waals surface area contributed by atoms with Gasteiger partial charge in [-0.1, -0.05) is 56.8 Å². The lowest BCUT2D eigenvalue weighted by Gasteiger charge is -2.37. The molecule has 1 aliphatic carbocycles. The number of hydrogen-bond acceptors (Lipinski definition) is 2. The topological polar surface area (TPSA) is 37.4 Å². The molecule has 0 bridgehead atoms. The fourth-order valence-corrected chi connectivity index (χ4v) is 5.32. The van der Waals surface area contributed by atoms with E-state index in [0.717, 1.165) is 50.2 Å². The van der Waals surface area contributed by atoms with Crippen molar-refractivity contribution in [2.24, 2.45) is 17.8 Å². The Balaban J connectivity index is 1.60. The van der Waals surface area contributed by atoms with Crippen LogP contribution in [0.3, 0.4) is 0 Å². The number of carbonyl (C=O) groups excluding carboxylic acids is 2. The zero-order chi connectivity index (χ0) is 21.5. The summed E-state index contributed by atoms with van der Waals surface area (Å²) in [6, 6.07) is 8.14. The van der Waals surface area contributed by atoms with Gasteiger partial charge in [0.2, 0.25) is 5.91 Å². The minimum absolute atomic E-state index is 0.1000. The van der Waals surface area contributed by atoms with Crippen LogP contribution in [0.2, 0.25) is 5.02 Å². The van der Waals surface area contributed by atoms with E-state index in [1.807, 2.05) is 12.1 Å². The molecule has 0 N–H and O–H groups in total. The van der Waals surface area contributed by atoms with E-state index < -0.39 is 0 Å². The summed E-state index contributed by atoms with van der Waals surface area (Å²) in [5.41, 5.74) is 1.32. The summed E-state index contributed by atoms with van der Waals surface area (Å²) in [5.74, 6) is 1.84. The fraction of sp³-hybridized carbons (Fsp3) is 0.692. The van der Waals surface area contributed by atoms with Crippen LogP contribution in [-0.4, -0.2) is 29.7 Å². The summed E-state index contributed by atoms with van der Waals surface area (Å²) in [6.07, 6.45) is 9.87. The van der Waals surface area contributed by atoms with Crippen LogP contribution < -0.4 is 0 Å². The maximum Gasteiger partial charge on any atom is 0.226 e. The lowest BCUT2D eigenvalue weighted by atomic mass is 9.76. The number of halogens is 1. The van der Waals surface area contributed by atoms with Gasteiger partial charge >= 0.3 is 0 Å². The second-order valence-corrected chi connectivity index (χ2v) is 10.3. The molecule has 0 radical (unpaired) electrons. The molecule has 1 aromatic carbocycles. The van der Waals surface area contributed by atoms with E-state index >= 15 is 0 Å². The molecule has 30 heavy (non-hydrogen) atoms. The Morgan fingerprint density at radius 2 is 1.63 bits per heavy atom. The van der Waals surface area contributed by atoms with E-state index in [0.29, 0.717) is 30.6 Å². The van der Waals surface area contributed by atoms with Gasteiger partial charge in [0.1, 0.15) is 5.78 Å². The summed E-state index contributed by atoms with van der Waals surface area (Å²) in [7, 11) is 0. The summed E-state index contributed by atoms with van der Waals surface area (Å²) < 4.78 is 0. The Kier molecular flexibility index (Phi) is 8.80. The van der Waals surface area contributed by atoms with Crippen molar-refractivity contribution in [3.8, 4) is 0 Å². The monoisotopic (exact) mass is 431 g/mol. The third-order valence-corrected chi connectivity index (χ3v) is 7.38. The molecule has 1 atom stereocenters. The maximum atomic E-state index is 13.5. The van der Waals surface area contributed by atoms with Gasteiger partial charge in [-0.05, 0) is 67.6 Å². The molecule has 0 aromatic heterocycles. The molecule has 166 valence electrons. The number of piperidine rings is 1. The van der Waals surface area contributed by atoms with E-state index in [4.69, 9.17) is 11.6 Å². The third-order valence-electron chi connectivity index (χ3n) is 7.13. The van der Waals surface area contributed by atoms with Crippen LogP contribution in [0.1, 0.15) is 89.5 Å². The van der Waals surface area contributed by atoms with Gasteiger partial charge in [0.15, 0.2) is 0 Å². The van der Waals surface area contributed by atoms with E-state index in [-0.39, 0.29) is 17.6 Å². The Morgan fingerprint density at radius 3 is 2.23 bits per heavy atom. The van der Waals surface area contributed by atoms with Gasteiger partial charge < -0.3 is 4.90 Å². The van der Waals surface area contributed by atoms with Crippen LogP contribution >= 0.6 is 11.6 Å². The highest BCUT2D eigenvalue weighted by Crippen LogP contribution is 2.35. The van der Waals surface area contributed by atoms with Gasteiger partial charge in [-0.2, -0.15) is 0 Å².